The van der Waals surface area contributed by atoms with Gasteiger partial charge in [0.25, 0.3) is 0 Å². The van der Waals surface area contributed by atoms with Crippen molar-refractivity contribution in [2.75, 3.05) is 0 Å². The lowest BCUT2D eigenvalue weighted by molar-refractivity contribution is -0.123. The number of carbonyl (C=O) groups excluding carboxylic acids is 1. The summed E-state index contributed by atoms with van der Waals surface area (Å²) >= 11 is 3.44. The van der Waals surface area contributed by atoms with Crippen LogP contribution in [0.1, 0.15) is 19.4 Å². The van der Waals surface area contributed by atoms with Gasteiger partial charge in [-0.2, -0.15) is 0 Å². The Morgan fingerprint density at radius 1 is 1.40 bits per heavy atom. The third-order valence-electron chi connectivity index (χ3n) is 2.33. The Morgan fingerprint density at radius 2 is 2.00 bits per heavy atom. The molecule has 15 heavy (non-hydrogen) atoms. The fourth-order valence-electron chi connectivity index (χ4n) is 1.43. The highest BCUT2D eigenvalue weighted by molar-refractivity contribution is 9.10. The van der Waals surface area contributed by atoms with E-state index in [0.717, 1.165) is 10.0 Å². The maximum Gasteiger partial charge on any atom is 0.152 e. The number of carbonyl (C=O) groups is 1. The Morgan fingerprint density at radius 3 is 2.53 bits per heavy atom. The minimum Gasteiger partial charge on any atom is -0.321 e. The summed E-state index contributed by atoms with van der Waals surface area (Å²) in [6, 6.07) is 7.44. The van der Waals surface area contributed by atoms with E-state index in [1.165, 1.54) is 0 Å². The number of hydrogen-bond donors (Lipinski definition) is 1. The summed E-state index contributed by atoms with van der Waals surface area (Å²) in [5.41, 5.74) is 6.93. The zero-order valence-corrected chi connectivity index (χ0v) is 10.6. The lowest BCUT2D eigenvalue weighted by Gasteiger charge is -2.13. The van der Waals surface area contributed by atoms with Gasteiger partial charge in [-0.05, 0) is 18.1 Å². The molecule has 82 valence electrons. The van der Waals surface area contributed by atoms with Crippen molar-refractivity contribution in [1.82, 2.24) is 0 Å². The summed E-state index contributed by atoms with van der Waals surface area (Å²) in [7, 11) is 0. The van der Waals surface area contributed by atoms with Gasteiger partial charge in [0.15, 0.2) is 5.78 Å². The minimum atomic E-state index is -0.399. The lowest BCUT2D eigenvalue weighted by atomic mass is 9.97. The fourth-order valence-corrected chi connectivity index (χ4v) is 1.88. The minimum absolute atomic E-state index is 0.00230. The van der Waals surface area contributed by atoms with Gasteiger partial charge < -0.3 is 5.73 Å². The first kappa shape index (κ1) is 12.4. The molecule has 2 nitrogen and oxygen atoms in total. The van der Waals surface area contributed by atoms with Crippen molar-refractivity contribution in [1.29, 1.82) is 0 Å². The normalized spacial score (nSPS) is 12.9. The molecule has 0 aliphatic heterocycles. The van der Waals surface area contributed by atoms with E-state index in [1.807, 2.05) is 38.1 Å². The molecule has 1 atom stereocenters. The van der Waals surface area contributed by atoms with Crippen LogP contribution in [0.25, 0.3) is 0 Å². The van der Waals surface area contributed by atoms with Crippen LogP contribution in [0.5, 0.6) is 0 Å². The average Bonchev–Trinajstić information content (AvgIpc) is 2.20. The number of hydrogen-bond acceptors (Lipinski definition) is 2. The quantitative estimate of drug-likeness (QED) is 0.913. The summed E-state index contributed by atoms with van der Waals surface area (Å²) in [6.07, 6.45) is 0.596. The monoisotopic (exact) mass is 269 g/mol. The first-order valence-electron chi connectivity index (χ1n) is 5.05. The number of halogens is 1. The van der Waals surface area contributed by atoms with Crippen LogP contribution in [0.2, 0.25) is 0 Å². The van der Waals surface area contributed by atoms with Crippen molar-refractivity contribution in [2.45, 2.75) is 26.3 Å². The Hall–Kier alpha value is -0.670. The largest absolute Gasteiger partial charge is 0.321 e. The summed E-state index contributed by atoms with van der Waals surface area (Å²) in [5, 5.41) is 0. The molecule has 1 aromatic rings. The highest BCUT2D eigenvalue weighted by Crippen LogP contribution is 2.17. The molecule has 0 spiro atoms. The molecule has 0 saturated heterocycles. The fraction of sp³-hybridized carbons (Fsp3) is 0.417. The number of Topliss-reactive ketones (excluding diaryl/α,β-unsaturated/α-hetero) is 1. The zero-order chi connectivity index (χ0) is 11.4. The number of ketones is 1. The van der Waals surface area contributed by atoms with Crippen LogP contribution in [-0.4, -0.2) is 11.8 Å². The molecular formula is C12H16BrNO. The van der Waals surface area contributed by atoms with Crippen molar-refractivity contribution in [3.05, 3.63) is 34.3 Å². The van der Waals surface area contributed by atoms with Gasteiger partial charge in [0.1, 0.15) is 0 Å². The second-order valence-electron chi connectivity index (χ2n) is 3.96. The van der Waals surface area contributed by atoms with E-state index < -0.39 is 6.04 Å². The van der Waals surface area contributed by atoms with Crippen molar-refractivity contribution < 1.29 is 4.79 Å². The van der Waals surface area contributed by atoms with Crippen LogP contribution in [0.4, 0.5) is 0 Å². The molecule has 3 heteroatoms. The SMILES string of the molecule is CC(C)C(=O)C(N)Cc1ccccc1Br. The van der Waals surface area contributed by atoms with Gasteiger partial charge in [-0.1, -0.05) is 48.0 Å². The smallest absolute Gasteiger partial charge is 0.152 e. The van der Waals surface area contributed by atoms with E-state index in [4.69, 9.17) is 5.73 Å². The van der Waals surface area contributed by atoms with Gasteiger partial charge in [-0.15, -0.1) is 0 Å². The maximum absolute atomic E-state index is 11.6. The third kappa shape index (κ3) is 3.43. The molecule has 1 rings (SSSR count). The van der Waals surface area contributed by atoms with E-state index in [9.17, 15) is 4.79 Å². The first-order valence-corrected chi connectivity index (χ1v) is 5.84. The van der Waals surface area contributed by atoms with E-state index in [2.05, 4.69) is 15.9 Å². The number of rotatable bonds is 4. The third-order valence-corrected chi connectivity index (χ3v) is 3.11. The van der Waals surface area contributed by atoms with Crippen molar-refractivity contribution in [3.8, 4) is 0 Å². The van der Waals surface area contributed by atoms with Crippen LogP contribution < -0.4 is 5.73 Å². The molecule has 0 fully saturated rings. The van der Waals surface area contributed by atoms with Gasteiger partial charge in [0, 0.05) is 10.4 Å². The molecule has 1 aromatic carbocycles. The van der Waals surface area contributed by atoms with Crippen LogP contribution in [0, 0.1) is 5.92 Å². The van der Waals surface area contributed by atoms with Gasteiger partial charge in [-0.25, -0.2) is 0 Å². The second kappa shape index (κ2) is 5.42. The van der Waals surface area contributed by atoms with Gasteiger partial charge in [0.05, 0.1) is 6.04 Å². The van der Waals surface area contributed by atoms with Crippen molar-refractivity contribution in [3.63, 3.8) is 0 Å². The maximum atomic E-state index is 11.6. The Kier molecular flexibility index (Phi) is 4.48. The zero-order valence-electron chi connectivity index (χ0n) is 9.03. The molecule has 0 saturated carbocycles. The first-order chi connectivity index (χ1) is 7.02. The molecule has 0 amide bonds. The summed E-state index contributed by atoms with van der Waals surface area (Å²) in [4.78, 5) is 11.6. The van der Waals surface area contributed by atoms with Crippen LogP contribution in [-0.2, 0) is 11.2 Å². The van der Waals surface area contributed by atoms with E-state index in [0.29, 0.717) is 6.42 Å². The predicted molar refractivity (Wildman–Crippen MR) is 65.7 cm³/mol. The highest BCUT2D eigenvalue weighted by atomic mass is 79.9. The topological polar surface area (TPSA) is 43.1 Å². The molecular weight excluding hydrogens is 254 g/mol. The lowest BCUT2D eigenvalue weighted by Crippen LogP contribution is -2.35. The predicted octanol–water partition coefficient (Wildman–Crippen LogP) is 2.54. The molecule has 0 radical (unpaired) electrons. The summed E-state index contributed by atoms with van der Waals surface area (Å²) in [6.45, 7) is 3.75. The van der Waals surface area contributed by atoms with Crippen LogP contribution in [0.3, 0.4) is 0 Å². The Labute approximate surface area is 99.0 Å². The summed E-state index contributed by atoms with van der Waals surface area (Å²) < 4.78 is 1.01. The molecule has 0 bridgehead atoms. The highest BCUT2D eigenvalue weighted by Gasteiger charge is 2.17. The Balaban J connectivity index is 2.71. The molecule has 0 aromatic heterocycles. The molecule has 0 aliphatic rings. The molecule has 0 heterocycles. The van der Waals surface area contributed by atoms with Gasteiger partial charge in [-0.3, -0.25) is 4.79 Å². The summed E-state index contributed by atoms with van der Waals surface area (Å²) in [5.74, 6) is 0.119. The standard InChI is InChI=1S/C12H16BrNO/c1-8(2)12(15)11(14)7-9-5-3-4-6-10(9)13/h3-6,8,11H,7,14H2,1-2H3. The molecule has 2 N–H and O–H groups in total. The Bertz CT molecular complexity index is 349. The van der Waals surface area contributed by atoms with Crippen LogP contribution >= 0.6 is 15.9 Å². The molecule has 1 unspecified atom stereocenters. The second-order valence-corrected chi connectivity index (χ2v) is 4.81. The number of benzene rings is 1. The van der Waals surface area contributed by atoms with Crippen molar-refractivity contribution in [2.24, 2.45) is 11.7 Å². The average molecular weight is 270 g/mol. The van der Waals surface area contributed by atoms with E-state index in [-0.39, 0.29) is 11.7 Å². The van der Waals surface area contributed by atoms with Crippen molar-refractivity contribution >= 4 is 21.7 Å². The van der Waals surface area contributed by atoms with E-state index in [1.54, 1.807) is 0 Å². The van der Waals surface area contributed by atoms with Crippen LogP contribution in [0.15, 0.2) is 28.7 Å². The number of nitrogens with two attached hydrogens (primary N) is 1. The van der Waals surface area contributed by atoms with Gasteiger partial charge >= 0.3 is 0 Å². The molecule has 0 aliphatic carbocycles. The van der Waals surface area contributed by atoms with Gasteiger partial charge in [0.2, 0.25) is 0 Å². The van der Waals surface area contributed by atoms with E-state index >= 15 is 0 Å².